The Hall–Kier alpha value is -3.12. The Bertz CT molecular complexity index is 1020. The van der Waals surface area contributed by atoms with Crippen molar-refractivity contribution in [3.05, 3.63) is 70.6 Å². The zero-order valence-electron chi connectivity index (χ0n) is 17.4. The van der Waals surface area contributed by atoms with Gasteiger partial charge in [0.2, 0.25) is 0 Å². The Labute approximate surface area is 180 Å². The molecule has 0 fully saturated rings. The summed E-state index contributed by atoms with van der Waals surface area (Å²) in [7, 11) is 0. The summed E-state index contributed by atoms with van der Waals surface area (Å²) in [6.07, 6.45) is 0.941. The standard InChI is InChI=1S/C24H25NO4S/c1-4-17-9-11-18(12-10-17)20-15-30-23(22(20)24(27)28-5-2)25-21(26)14-29-19-8-6-7-16(3)13-19/h6-13,15H,4-5,14H2,1-3H3,(H,25,26). The zero-order chi connectivity index (χ0) is 21.5. The van der Waals surface area contributed by atoms with Gasteiger partial charge in [-0.15, -0.1) is 11.3 Å². The molecule has 3 aromatic rings. The molecule has 0 unspecified atom stereocenters. The predicted molar refractivity (Wildman–Crippen MR) is 120 cm³/mol. The first-order chi connectivity index (χ1) is 14.5. The Balaban J connectivity index is 1.80. The van der Waals surface area contributed by atoms with E-state index < -0.39 is 5.97 Å². The molecule has 0 bridgehead atoms. The number of hydrogen-bond donors (Lipinski definition) is 1. The number of hydrogen-bond acceptors (Lipinski definition) is 5. The Morgan fingerprint density at radius 1 is 1.07 bits per heavy atom. The summed E-state index contributed by atoms with van der Waals surface area (Å²) < 4.78 is 10.8. The van der Waals surface area contributed by atoms with Gasteiger partial charge in [-0.2, -0.15) is 0 Å². The first-order valence-corrected chi connectivity index (χ1v) is 10.8. The number of amides is 1. The fourth-order valence-corrected chi connectivity index (χ4v) is 3.98. The summed E-state index contributed by atoms with van der Waals surface area (Å²) in [4.78, 5) is 25.1. The Morgan fingerprint density at radius 3 is 2.50 bits per heavy atom. The fraction of sp³-hybridized carbons (Fsp3) is 0.250. The number of nitrogens with one attached hydrogen (secondary N) is 1. The Morgan fingerprint density at radius 2 is 1.83 bits per heavy atom. The maximum absolute atomic E-state index is 12.6. The molecular weight excluding hydrogens is 398 g/mol. The maximum atomic E-state index is 12.6. The molecule has 0 saturated heterocycles. The van der Waals surface area contributed by atoms with Crippen molar-refractivity contribution in [2.75, 3.05) is 18.5 Å². The van der Waals surface area contributed by atoms with Crippen LogP contribution in [0.25, 0.3) is 11.1 Å². The van der Waals surface area contributed by atoms with Crippen molar-refractivity contribution in [3.8, 4) is 16.9 Å². The van der Waals surface area contributed by atoms with Crippen molar-refractivity contribution >= 4 is 28.2 Å². The van der Waals surface area contributed by atoms with E-state index in [9.17, 15) is 9.59 Å². The summed E-state index contributed by atoms with van der Waals surface area (Å²) in [6, 6.07) is 15.5. The van der Waals surface area contributed by atoms with Crippen LogP contribution in [0.5, 0.6) is 5.75 Å². The van der Waals surface area contributed by atoms with Gasteiger partial charge in [-0.3, -0.25) is 4.79 Å². The fourth-order valence-electron chi connectivity index (χ4n) is 3.01. The molecule has 3 rings (SSSR count). The van der Waals surface area contributed by atoms with Crippen molar-refractivity contribution in [2.24, 2.45) is 0 Å². The van der Waals surface area contributed by atoms with Crippen molar-refractivity contribution in [3.63, 3.8) is 0 Å². The third kappa shape index (κ3) is 5.27. The number of carbonyl (C=O) groups is 2. The first-order valence-electron chi connectivity index (χ1n) is 9.89. The van der Waals surface area contributed by atoms with Gasteiger partial charge in [0.15, 0.2) is 6.61 Å². The van der Waals surface area contributed by atoms with Gasteiger partial charge in [-0.05, 0) is 49.1 Å². The average molecular weight is 424 g/mol. The van der Waals surface area contributed by atoms with Crippen LogP contribution in [0.4, 0.5) is 5.00 Å². The highest BCUT2D eigenvalue weighted by Gasteiger charge is 2.23. The van der Waals surface area contributed by atoms with E-state index in [1.165, 1.54) is 16.9 Å². The molecule has 1 N–H and O–H groups in total. The quantitative estimate of drug-likeness (QED) is 0.487. The molecule has 0 aliphatic rings. The molecule has 5 nitrogen and oxygen atoms in total. The highest BCUT2D eigenvalue weighted by Crippen LogP contribution is 2.36. The summed E-state index contributed by atoms with van der Waals surface area (Å²) in [5, 5.41) is 5.13. The molecule has 1 amide bonds. The van der Waals surface area contributed by atoms with Gasteiger partial charge in [0, 0.05) is 10.9 Å². The normalized spacial score (nSPS) is 10.5. The molecule has 0 radical (unpaired) electrons. The van der Waals surface area contributed by atoms with Crippen LogP contribution in [0.1, 0.15) is 35.3 Å². The van der Waals surface area contributed by atoms with Crippen molar-refractivity contribution < 1.29 is 19.1 Å². The Kier molecular flexibility index (Phi) is 7.25. The van der Waals surface area contributed by atoms with Gasteiger partial charge in [-0.1, -0.05) is 43.3 Å². The van der Waals surface area contributed by atoms with Crippen molar-refractivity contribution in [2.45, 2.75) is 27.2 Å². The lowest BCUT2D eigenvalue weighted by Crippen LogP contribution is -2.21. The van der Waals surface area contributed by atoms with Crippen LogP contribution >= 0.6 is 11.3 Å². The number of rotatable bonds is 8. The van der Waals surface area contributed by atoms with Crippen molar-refractivity contribution in [1.82, 2.24) is 0 Å². The third-order valence-corrected chi connectivity index (χ3v) is 5.45. The number of aryl methyl sites for hydroxylation is 2. The second kappa shape index (κ2) is 10.1. The maximum Gasteiger partial charge on any atom is 0.341 e. The summed E-state index contributed by atoms with van der Waals surface area (Å²) in [6.45, 7) is 5.92. The monoisotopic (exact) mass is 423 g/mol. The smallest absolute Gasteiger partial charge is 0.341 e. The largest absolute Gasteiger partial charge is 0.484 e. The van der Waals surface area contributed by atoms with E-state index >= 15 is 0 Å². The second-order valence-corrected chi connectivity index (χ2v) is 7.66. The van der Waals surface area contributed by atoms with E-state index in [0.29, 0.717) is 16.3 Å². The molecule has 1 heterocycles. The summed E-state index contributed by atoms with van der Waals surface area (Å²) in [5.74, 6) is -0.168. The van der Waals surface area contributed by atoms with Gasteiger partial charge in [0.05, 0.1) is 6.61 Å². The number of ether oxygens (including phenoxy) is 2. The van der Waals surface area contributed by atoms with E-state index in [1.54, 1.807) is 13.0 Å². The SMILES string of the molecule is CCOC(=O)c1c(-c2ccc(CC)cc2)csc1NC(=O)COc1cccc(C)c1. The minimum atomic E-state index is -0.455. The van der Waals surface area contributed by atoms with Crippen LogP contribution in [0.2, 0.25) is 0 Å². The number of carbonyl (C=O) groups excluding carboxylic acids is 2. The summed E-state index contributed by atoms with van der Waals surface area (Å²) >= 11 is 1.30. The first kappa shape index (κ1) is 21.6. The summed E-state index contributed by atoms with van der Waals surface area (Å²) in [5.41, 5.74) is 4.29. The van der Waals surface area contributed by atoms with Crippen LogP contribution in [0, 0.1) is 6.92 Å². The minimum absolute atomic E-state index is 0.149. The molecule has 6 heteroatoms. The number of esters is 1. The van der Waals surface area contributed by atoms with E-state index in [-0.39, 0.29) is 19.1 Å². The van der Waals surface area contributed by atoms with E-state index in [4.69, 9.17) is 9.47 Å². The molecule has 0 aliphatic heterocycles. The number of benzene rings is 2. The van der Waals surface area contributed by atoms with Gasteiger partial charge < -0.3 is 14.8 Å². The molecule has 30 heavy (non-hydrogen) atoms. The average Bonchev–Trinajstić information content (AvgIpc) is 3.16. The number of anilines is 1. The van der Waals surface area contributed by atoms with Crippen molar-refractivity contribution in [1.29, 1.82) is 0 Å². The number of thiophene rings is 1. The highest BCUT2D eigenvalue weighted by molar-refractivity contribution is 7.15. The van der Waals surface area contributed by atoms with Crippen LogP contribution in [-0.4, -0.2) is 25.1 Å². The molecule has 156 valence electrons. The lowest BCUT2D eigenvalue weighted by atomic mass is 10.0. The minimum Gasteiger partial charge on any atom is -0.484 e. The topological polar surface area (TPSA) is 64.6 Å². The molecule has 0 saturated carbocycles. The van der Waals surface area contributed by atoms with Crippen LogP contribution in [-0.2, 0) is 16.0 Å². The lowest BCUT2D eigenvalue weighted by Gasteiger charge is -2.10. The van der Waals surface area contributed by atoms with E-state index in [2.05, 4.69) is 12.2 Å². The van der Waals surface area contributed by atoms with Crippen LogP contribution in [0.3, 0.4) is 0 Å². The molecular formula is C24H25NO4S. The van der Waals surface area contributed by atoms with Gasteiger partial charge in [0.25, 0.3) is 5.91 Å². The molecule has 0 atom stereocenters. The third-order valence-electron chi connectivity index (χ3n) is 4.56. The zero-order valence-corrected chi connectivity index (χ0v) is 18.2. The van der Waals surface area contributed by atoms with E-state index in [0.717, 1.165) is 23.1 Å². The molecule has 2 aromatic carbocycles. The van der Waals surface area contributed by atoms with Crippen LogP contribution in [0.15, 0.2) is 53.9 Å². The molecule has 0 spiro atoms. The molecule has 1 aromatic heterocycles. The van der Waals surface area contributed by atoms with Gasteiger partial charge >= 0.3 is 5.97 Å². The van der Waals surface area contributed by atoms with Gasteiger partial charge in [-0.25, -0.2) is 4.79 Å². The van der Waals surface area contributed by atoms with E-state index in [1.807, 2.05) is 54.8 Å². The van der Waals surface area contributed by atoms with Crippen LogP contribution < -0.4 is 10.1 Å². The van der Waals surface area contributed by atoms with Gasteiger partial charge in [0.1, 0.15) is 16.3 Å². The molecule has 0 aliphatic carbocycles. The second-order valence-electron chi connectivity index (χ2n) is 6.78. The predicted octanol–water partition coefficient (Wildman–Crippen LogP) is 5.48. The lowest BCUT2D eigenvalue weighted by molar-refractivity contribution is -0.118. The highest BCUT2D eigenvalue weighted by atomic mass is 32.1.